The Labute approximate surface area is 86.3 Å². The van der Waals surface area contributed by atoms with Crippen LogP contribution in [0.1, 0.15) is 33.4 Å². The summed E-state index contributed by atoms with van der Waals surface area (Å²) in [6.45, 7) is 8.80. The quantitative estimate of drug-likeness (QED) is 0.736. The van der Waals surface area contributed by atoms with E-state index >= 15 is 0 Å². The summed E-state index contributed by atoms with van der Waals surface area (Å²) in [4.78, 5) is 4.42. The van der Waals surface area contributed by atoms with Gasteiger partial charge in [-0.1, -0.05) is 27.7 Å². The predicted molar refractivity (Wildman–Crippen MR) is 58.7 cm³/mol. The topological polar surface area (TPSA) is 22.1 Å². The van der Waals surface area contributed by atoms with Crippen LogP contribution >= 0.6 is 0 Å². The molecule has 2 heteroatoms. The van der Waals surface area contributed by atoms with Crippen molar-refractivity contribution in [3.8, 4) is 5.75 Å². The van der Waals surface area contributed by atoms with E-state index in [-0.39, 0.29) is 5.41 Å². The second-order valence-corrected chi connectivity index (χ2v) is 4.43. The van der Waals surface area contributed by atoms with Crippen LogP contribution in [0.25, 0.3) is 0 Å². The van der Waals surface area contributed by atoms with Crippen LogP contribution in [0, 0.1) is 5.92 Å². The molecular formula is C12H19NO. The van der Waals surface area contributed by atoms with Crippen molar-refractivity contribution in [3.63, 3.8) is 0 Å². The van der Waals surface area contributed by atoms with Gasteiger partial charge in [-0.25, -0.2) is 0 Å². The Bertz CT molecular complexity index is 305. The summed E-state index contributed by atoms with van der Waals surface area (Å²) in [7, 11) is 1.69. The minimum Gasteiger partial charge on any atom is -0.495 e. The molecule has 1 aromatic heterocycles. The molecule has 14 heavy (non-hydrogen) atoms. The van der Waals surface area contributed by atoms with Crippen molar-refractivity contribution in [1.82, 2.24) is 4.98 Å². The number of hydrogen-bond acceptors (Lipinski definition) is 2. The number of aromatic nitrogens is 1. The number of methoxy groups -OCH3 is 1. The highest BCUT2D eigenvalue weighted by molar-refractivity contribution is 5.32. The van der Waals surface area contributed by atoms with Crippen LogP contribution in [0.3, 0.4) is 0 Å². The largest absolute Gasteiger partial charge is 0.495 e. The highest BCUT2D eigenvalue weighted by atomic mass is 16.5. The molecule has 1 heterocycles. The van der Waals surface area contributed by atoms with Crippen molar-refractivity contribution in [2.45, 2.75) is 33.1 Å². The maximum absolute atomic E-state index is 5.32. The number of ether oxygens (including phenoxy) is 1. The lowest BCUT2D eigenvalue weighted by atomic mass is 9.77. The van der Waals surface area contributed by atoms with E-state index in [1.54, 1.807) is 7.11 Å². The van der Waals surface area contributed by atoms with E-state index in [0.29, 0.717) is 5.92 Å². The van der Waals surface area contributed by atoms with Crippen LogP contribution in [-0.4, -0.2) is 12.1 Å². The van der Waals surface area contributed by atoms with Gasteiger partial charge in [0.05, 0.1) is 12.8 Å². The standard InChI is InChI=1S/C12H19NO/c1-9(2)12(3,4)11-10(14-5)7-6-8-13-11/h6-9H,1-5H3. The maximum atomic E-state index is 5.32. The number of hydrogen-bond donors (Lipinski definition) is 0. The van der Waals surface area contributed by atoms with E-state index in [2.05, 4.69) is 32.7 Å². The van der Waals surface area contributed by atoms with E-state index in [0.717, 1.165) is 11.4 Å². The zero-order chi connectivity index (χ0) is 10.8. The molecule has 0 aliphatic heterocycles. The fourth-order valence-electron chi connectivity index (χ4n) is 1.31. The highest BCUT2D eigenvalue weighted by Crippen LogP contribution is 2.35. The highest BCUT2D eigenvalue weighted by Gasteiger charge is 2.29. The maximum Gasteiger partial charge on any atom is 0.140 e. The van der Waals surface area contributed by atoms with Gasteiger partial charge in [0.15, 0.2) is 0 Å². The average Bonchev–Trinajstić information content (AvgIpc) is 2.17. The molecule has 1 rings (SSSR count). The first-order valence-electron chi connectivity index (χ1n) is 4.99. The zero-order valence-electron chi connectivity index (χ0n) is 9.66. The molecule has 0 bridgehead atoms. The second kappa shape index (κ2) is 3.99. The van der Waals surface area contributed by atoms with Crippen LogP contribution in [0.5, 0.6) is 5.75 Å². The van der Waals surface area contributed by atoms with Gasteiger partial charge in [-0.15, -0.1) is 0 Å². The van der Waals surface area contributed by atoms with E-state index < -0.39 is 0 Å². The molecular weight excluding hydrogens is 174 g/mol. The third kappa shape index (κ3) is 1.89. The van der Waals surface area contributed by atoms with Gasteiger partial charge in [0.1, 0.15) is 5.75 Å². The smallest absolute Gasteiger partial charge is 0.140 e. The molecule has 2 nitrogen and oxygen atoms in total. The third-order valence-corrected chi connectivity index (χ3v) is 3.04. The lowest BCUT2D eigenvalue weighted by Crippen LogP contribution is -2.26. The Morgan fingerprint density at radius 1 is 1.36 bits per heavy atom. The van der Waals surface area contributed by atoms with Gasteiger partial charge < -0.3 is 4.74 Å². The molecule has 0 fully saturated rings. The van der Waals surface area contributed by atoms with Crippen LogP contribution in [0.15, 0.2) is 18.3 Å². The van der Waals surface area contributed by atoms with Gasteiger partial charge in [0, 0.05) is 11.6 Å². The fourth-order valence-corrected chi connectivity index (χ4v) is 1.31. The Morgan fingerprint density at radius 2 is 2.00 bits per heavy atom. The molecule has 1 aromatic rings. The Kier molecular flexibility index (Phi) is 3.14. The molecule has 0 aromatic carbocycles. The van der Waals surface area contributed by atoms with Crippen molar-refractivity contribution < 1.29 is 4.74 Å². The molecule has 78 valence electrons. The summed E-state index contributed by atoms with van der Waals surface area (Å²) >= 11 is 0. The first-order valence-corrected chi connectivity index (χ1v) is 4.99. The Balaban J connectivity index is 3.17. The average molecular weight is 193 g/mol. The third-order valence-electron chi connectivity index (χ3n) is 3.04. The molecule has 0 unspecified atom stereocenters. The lowest BCUT2D eigenvalue weighted by Gasteiger charge is -2.29. The molecule has 0 saturated carbocycles. The Hall–Kier alpha value is -1.05. The summed E-state index contributed by atoms with van der Waals surface area (Å²) in [5.74, 6) is 1.41. The molecule has 0 atom stereocenters. The summed E-state index contributed by atoms with van der Waals surface area (Å²) in [5, 5.41) is 0. The molecule has 0 aliphatic carbocycles. The molecule has 0 spiro atoms. The van der Waals surface area contributed by atoms with Crippen molar-refractivity contribution in [3.05, 3.63) is 24.0 Å². The van der Waals surface area contributed by atoms with Crippen molar-refractivity contribution in [1.29, 1.82) is 0 Å². The molecule has 0 aliphatic rings. The summed E-state index contributed by atoms with van der Waals surface area (Å²) in [6.07, 6.45) is 1.82. The van der Waals surface area contributed by atoms with Gasteiger partial charge in [0.2, 0.25) is 0 Å². The SMILES string of the molecule is COc1cccnc1C(C)(C)C(C)C. The second-order valence-electron chi connectivity index (χ2n) is 4.43. The number of pyridine rings is 1. The molecule has 0 amide bonds. The zero-order valence-corrected chi connectivity index (χ0v) is 9.66. The van der Waals surface area contributed by atoms with Crippen LogP contribution in [0.4, 0.5) is 0 Å². The minimum atomic E-state index is 0.0482. The minimum absolute atomic E-state index is 0.0482. The van der Waals surface area contributed by atoms with Crippen molar-refractivity contribution in [2.75, 3.05) is 7.11 Å². The number of rotatable bonds is 3. The van der Waals surface area contributed by atoms with E-state index in [9.17, 15) is 0 Å². The van der Waals surface area contributed by atoms with Crippen molar-refractivity contribution in [2.24, 2.45) is 5.92 Å². The van der Waals surface area contributed by atoms with E-state index in [4.69, 9.17) is 4.74 Å². The summed E-state index contributed by atoms with van der Waals surface area (Å²) in [6, 6.07) is 3.87. The fraction of sp³-hybridized carbons (Fsp3) is 0.583. The van der Waals surface area contributed by atoms with Gasteiger partial charge in [0.25, 0.3) is 0 Å². The first-order chi connectivity index (χ1) is 6.50. The summed E-state index contributed by atoms with van der Waals surface area (Å²) < 4.78 is 5.32. The van der Waals surface area contributed by atoms with Gasteiger partial charge in [-0.2, -0.15) is 0 Å². The van der Waals surface area contributed by atoms with Crippen molar-refractivity contribution >= 4 is 0 Å². The predicted octanol–water partition coefficient (Wildman–Crippen LogP) is 3.02. The molecule has 0 radical (unpaired) electrons. The normalized spacial score (nSPS) is 11.9. The first kappa shape index (κ1) is 11.0. The van der Waals surface area contributed by atoms with Gasteiger partial charge >= 0.3 is 0 Å². The van der Waals surface area contributed by atoms with Gasteiger partial charge in [-0.05, 0) is 18.1 Å². The molecule has 0 N–H and O–H groups in total. The molecule has 0 saturated heterocycles. The van der Waals surface area contributed by atoms with E-state index in [1.807, 2.05) is 18.3 Å². The van der Waals surface area contributed by atoms with Gasteiger partial charge in [-0.3, -0.25) is 4.98 Å². The summed E-state index contributed by atoms with van der Waals surface area (Å²) in [5.41, 5.74) is 1.09. The van der Waals surface area contributed by atoms with Crippen LogP contribution in [-0.2, 0) is 5.41 Å². The Morgan fingerprint density at radius 3 is 2.50 bits per heavy atom. The number of nitrogens with zero attached hydrogens (tertiary/aromatic N) is 1. The van der Waals surface area contributed by atoms with Crippen LogP contribution in [0.2, 0.25) is 0 Å². The van der Waals surface area contributed by atoms with E-state index in [1.165, 1.54) is 0 Å². The monoisotopic (exact) mass is 193 g/mol. The lowest BCUT2D eigenvalue weighted by molar-refractivity contribution is 0.332. The van der Waals surface area contributed by atoms with Crippen LogP contribution < -0.4 is 4.74 Å².